The smallest absolute Gasteiger partial charge is 0.259 e. The summed E-state index contributed by atoms with van der Waals surface area (Å²) in [6, 6.07) is 14.2. The molecule has 0 bridgehead atoms. The summed E-state index contributed by atoms with van der Waals surface area (Å²) in [5.74, 6) is 0.816. The number of hydrogen-bond acceptors (Lipinski definition) is 8. The van der Waals surface area contributed by atoms with Gasteiger partial charge in [-0.05, 0) is 42.7 Å². The topological polar surface area (TPSA) is 122 Å². The van der Waals surface area contributed by atoms with Crippen molar-refractivity contribution >= 4 is 46.2 Å². The van der Waals surface area contributed by atoms with Crippen LogP contribution in [-0.2, 0) is 25.7 Å². The van der Waals surface area contributed by atoms with Crippen molar-refractivity contribution in [1.82, 2.24) is 15.5 Å². The first-order valence-corrected chi connectivity index (χ1v) is 13.4. The zero-order chi connectivity index (χ0) is 26.9. The highest BCUT2D eigenvalue weighted by atomic mass is 32.2. The van der Waals surface area contributed by atoms with Crippen LogP contribution >= 0.6 is 11.8 Å². The maximum atomic E-state index is 13.4. The number of rotatable bonds is 12. The number of carbonyl (C=O) groups excluding carboxylic acids is 3. The fourth-order valence-electron chi connectivity index (χ4n) is 4.01. The molecule has 0 aromatic heterocycles. The molecule has 3 amide bonds. The number of thioether (sulfide) groups is 1. The second-order valence-corrected chi connectivity index (χ2v) is 9.64. The van der Waals surface area contributed by atoms with E-state index in [9.17, 15) is 14.4 Å². The van der Waals surface area contributed by atoms with Crippen LogP contribution in [-0.4, -0.2) is 72.8 Å². The Kier molecular flexibility index (Phi) is 9.50. The van der Waals surface area contributed by atoms with Crippen LogP contribution in [0.3, 0.4) is 0 Å². The minimum atomic E-state index is -0.698. The lowest BCUT2D eigenvalue weighted by Gasteiger charge is -2.25. The largest absolute Gasteiger partial charge is 0.497 e. The van der Waals surface area contributed by atoms with Gasteiger partial charge in [-0.15, -0.1) is 0 Å². The van der Waals surface area contributed by atoms with E-state index in [1.165, 1.54) is 16.7 Å². The number of carbonyl (C=O) groups is 3. The van der Waals surface area contributed by atoms with E-state index in [-0.39, 0.29) is 36.3 Å². The molecule has 0 spiro atoms. The number of ether oxygens (including phenoxy) is 2. The second-order valence-electron chi connectivity index (χ2n) is 8.70. The lowest BCUT2D eigenvalue weighted by Crippen LogP contribution is -2.42. The average Bonchev–Trinajstić information content (AvgIpc) is 3.28. The lowest BCUT2D eigenvalue weighted by atomic mass is 10.1. The summed E-state index contributed by atoms with van der Waals surface area (Å²) in [6.07, 6.45) is 1.15. The number of amides is 3. The van der Waals surface area contributed by atoms with E-state index >= 15 is 0 Å². The molecule has 2 aliphatic rings. The first-order valence-electron chi connectivity index (χ1n) is 12.4. The summed E-state index contributed by atoms with van der Waals surface area (Å²) in [4.78, 5) is 48.9. The predicted molar refractivity (Wildman–Crippen MR) is 147 cm³/mol. The number of amidine groups is 2. The Morgan fingerprint density at radius 2 is 1.84 bits per heavy atom. The molecule has 2 heterocycles. The summed E-state index contributed by atoms with van der Waals surface area (Å²) < 4.78 is 10.1. The molecule has 0 radical (unpaired) electrons. The minimum Gasteiger partial charge on any atom is -0.497 e. The highest BCUT2D eigenvalue weighted by Crippen LogP contribution is 2.34. The van der Waals surface area contributed by atoms with Gasteiger partial charge < -0.3 is 20.1 Å². The van der Waals surface area contributed by atoms with Gasteiger partial charge in [0.2, 0.25) is 11.8 Å². The number of aliphatic imine (C=N–C) groups is 2. The van der Waals surface area contributed by atoms with Crippen molar-refractivity contribution in [3.8, 4) is 5.75 Å². The van der Waals surface area contributed by atoms with Crippen LogP contribution in [0.4, 0.5) is 5.69 Å². The van der Waals surface area contributed by atoms with Crippen molar-refractivity contribution in [3.05, 3.63) is 59.7 Å². The molecular formula is C27H31N5O5S. The number of nitrogens with one attached hydrogen (secondary N) is 2. The Hall–Kier alpha value is -3.70. The number of fused-ring (bicyclic) bond motifs is 3. The van der Waals surface area contributed by atoms with Crippen LogP contribution in [0.1, 0.15) is 30.4 Å². The van der Waals surface area contributed by atoms with E-state index in [2.05, 4.69) is 20.6 Å². The van der Waals surface area contributed by atoms with Crippen molar-refractivity contribution in [2.45, 2.75) is 31.8 Å². The van der Waals surface area contributed by atoms with Crippen LogP contribution in [0, 0.1) is 0 Å². The van der Waals surface area contributed by atoms with Gasteiger partial charge in [0.1, 0.15) is 17.6 Å². The normalized spacial score (nSPS) is 15.8. The van der Waals surface area contributed by atoms with E-state index in [4.69, 9.17) is 9.47 Å². The van der Waals surface area contributed by atoms with Crippen LogP contribution in [0.15, 0.2) is 58.5 Å². The Balaban J connectivity index is 1.36. The number of benzene rings is 2. The molecule has 10 nitrogen and oxygen atoms in total. The van der Waals surface area contributed by atoms with E-state index in [0.29, 0.717) is 36.4 Å². The average molecular weight is 538 g/mol. The third-order valence-corrected chi connectivity index (χ3v) is 6.96. The van der Waals surface area contributed by atoms with Gasteiger partial charge in [-0.2, -0.15) is 0 Å². The minimum absolute atomic E-state index is 0.115. The molecule has 1 atom stereocenters. The monoisotopic (exact) mass is 537 g/mol. The highest BCUT2D eigenvalue weighted by Gasteiger charge is 2.41. The molecule has 2 aromatic carbocycles. The Labute approximate surface area is 225 Å². The third-order valence-electron chi connectivity index (χ3n) is 6.02. The summed E-state index contributed by atoms with van der Waals surface area (Å²) in [5, 5.41) is 6.13. The van der Waals surface area contributed by atoms with Gasteiger partial charge >= 0.3 is 0 Å². The molecule has 11 heteroatoms. The van der Waals surface area contributed by atoms with Gasteiger partial charge in [-0.3, -0.25) is 19.4 Å². The number of hydrogen-bond donors (Lipinski definition) is 2. The predicted octanol–water partition coefficient (Wildman–Crippen LogP) is 2.64. The first-order chi connectivity index (χ1) is 18.5. The quantitative estimate of drug-likeness (QED) is 0.402. The van der Waals surface area contributed by atoms with Crippen LogP contribution < -0.4 is 15.4 Å². The maximum Gasteiger partial charge on any atom is 0.259 e. The molecule has 0 fully saturated rings. The van der Waals surface area contributed by atoms with E-state index in [1.54, 1.807) is 14.2 Å². The van der Waals surface area contributed by atoms with E-state index in [1.807, 2.05) is 48.5 Å². The van der Waals surface area contributed by atoms with Crippen molar-refractivity contribution in [1.29, 1.82) is 0 Å². The molecular weight excluding hydrogens is 506 g/mol. The second kappa shape index (κ2) is 13.2. The van der Waals surface area contributed by atoms with Gasteiger partial charge in [0.15, 0.2) is 5.17 Å². The van der Waals surface area contributed by atoms with E-state index in [0.717, 1.165) is 23.3 Å². The maximum absolute atomic E-state index is 13.4. The molecule has 38 heavy (non-hydrogen) atoms. The number of para-hydroxylation sites is 1. The van der Waals surface area contributed by atoms with Gasteiger partial charge in [-0.25, -0.2) is 9.89 Å². The molecule has 0 saturated heterocycles. The molecule has 0 unspecified atom stereocenters. The highest BCUT2D eigenvalue weighted by molar-refractivity contribution is 8.14. The van der Waals surface area contributed by atoms with Gasteiger partial charge in [0.25, 0.3) is 5.91 Å². The number of nitrogens with zero attached hydrogens (tertiary/aromatic N) is 3. The summed E-state index contributed by atoms with van der Waals surface area (Å²) in [5.41, 5.74) is 2.39. The number of methoxy groups -OCH3 is 2. The third kappa shape index (κ3) is 6.78. The Morgan fingerprint density at radius 1 is 1.05 bits per heavy atom. The Morgan fingerprint density at radius 3 is 2.61 bits per heavy atom. The van der Waals surface area contributed by atoms with Crippen LogP contribution in [0.5, 0.6) is 5.75 Å². The fourth-order valence-corrected chi connectivity index (χ4v) is 4.84. The summed E-state index contributed by atoms with van der Waals surface area (Å²) in [6.45, 7) is 1.47. The van der Waals surface area contributed by atoms with E-state index < -0.39 is 6.04 Å². The molecule has 0 saturated carbocycles. The van der Waals surface area contributed by atoms with Crippen molar-refractivity contribution < 1.29 is 23.9 Å². The van der Waals surface area contributed by atoms with Crippen molar-refractivity contribution in [2.75, 3.05) is 33.1 Å². The van der Waals surface area contributed by atoms with Gasteiger partial charge in [0.05, 0.1) is 18.6 Å². The van der Waals surface area contributed by atoms with Crippen LogP contribution in [0.2, 0.25) is 0 Å². The summed E-state index contributed by atoms with van der Waals surface area (Å²) in [7, 11) is 3.22. The van der Waals surface area contributed by atoms with Crippen molar-refractivity contribution in [2.24, 2.45) is 9.98 Å². The lowest BCUT2D eigenvalue weighted by molar-refractivity contribution is -0.125. The molecule has 0 aliphatic carbocycles. The molecule has 4 rings (SSSR count). The standard InChI is InChI=1S/C27H31N5O5S/c1-36-15-5-14-28-24(34)17-38-27-31-21-7-4-3-6-20(21)25-30-22(26(35)32(25)27)12-13-23(33)29-16-18-8-10-19(37-2)11-9-18/h3-4,6-11,22H,5,12-17H2,1-2H3,(H,28,34)(H,29,33)/t22-/m0/s1. The fraction of sp³-hybridized carbons (Fsp3) is 0.370. The SMILES string of the molecule is COCCCNC(=O)CSC1=Nc2ccccc2C2=N[C@@H](CCC(=O)NCc3ccc(OC)cc3)C(=O)N12. The molecule has 2 aliphatic heterocycles. The first kappa shape index (κ1) is 27.3. The Bertz CT molecular complexity index is 1230. The molecule has 200 valence electrons. The molecule has 2 aromatic rings. The van der Waals surface area contributed by atoms with Gasteiger partial charge in [0, 0.05) is 38.8 Å². The summed E-state index contributed by atoms with van der Waals surface area (Å²) >= 11 is 1.19. The van der Waals surface area contributed by atoms with Crippen LogP contribution in [0.25, 0.3) is 0 Å². The van der Waals surface area contributed by atoms with Gasteiger partial charge in [-0.1, -0.05) is 36.0 Å². The zero-order valence-corrected chi connectivity index (χ0v) is 22.3. The molecule has 2 N–H and O–H groups in total. The zero-order valence-electron chi connectivity index (χ0n) is 21.4. The van der Waals surface area contributed by atoms with Crippen molar-refractivity contribution in [3.63, 3.8) is 0 Å².